The van der Waals surface area contributed by atoms with Gasteiger partial charge in [-0.15, -0.1) is 0 Å². The Labute approximate surface area is 115 Å². The minimum atomic E-state index is -4.73. The van der Waals surface area contributed by atoms with Crippen molar-refractivity contribution in [3.8, 4) is 0 Å². The molecule has 0 aliphatic carbocycles. The van der Waals surface area contributed by atoms with Gasteiger partial charge in [-0.3, -0.25) is 0 Å². The summed E-state index contributed by atoms with van der Waals surface area (Å²) in [6.07, 6.45) is -4.49. The molecular formula is C14H19F4NO. The Hall–Kier alpha value is -1.14. The molecule has 0 bridgehead atoms. The Bertz CT molecular complexity index is 445. The van der Waals surface area contributed by atoms with E-state index in [1.807, 2.05) is 13.8 Å². The number of aliphatic hydroxyl groups is 1. The zero-order valence-electron chi connectivity index (χ0n) is 11.4. The van der Waals surface area contributed by atoms with E-state index >= 15 is 0 Å². The molecule has 1 rings (SSSR count). The molecule has 2 nitrogen and oxygen atoms in total. The Morgan fingerprint density at radius 3 is 2.25 bits per heavy atom. The first-order valence-electron chi connectivity index (χ1n) is 6.43. The van der Waals surface area contributed by atoms with E-state index in [1.165, 1.54) is 0 Å². The number of hydrogen-bond donors (Lipinski definition) is 2. The number of hydrogen-bond acceptors (Lipinski definition) is 2. The van der Waals surface area contributed by atoms with Gasteiger partial charge in [0.05, 0.1) is 17.7 Å². The molecule has 0 saturated heterocycles. The number of halogens is 4. The predicted octanol–water partition coefficient (Wildman–Crippen LogP) is 3.64. The molecule has 0 amide bonds. The third-order valence-electron chi connectivity index (χ3n) is 3.14. The van der Waals surface area contributed by atoms with Crippen LogP contribution in [0.25, 0.3) is 0 Å². The number of benzene rings is 1. The molecule has 0 aliphatic rings. The second kappa shape index (κ2) is 6.54. The lowest BCUT2D eigenvalue weighted by molar-refractivity contribution is -0.140. The van der Waals surface area contributed by atoms with E-state index in [1.54, 1.807) is 0 Å². The molecule has 0 heterocycles. The van der Waals surface area contributed by atoms with Crippen molar-refractivity contribution in [2.24, 2.45) is 11.7 Å². The minimum Gasteiger partial charge on any atom is -0.391 e. The fraction of sp³-hybridized carbons (Fsp3) is 0.571. The van der Waals surface area contributed by atoms with Crippen molar-refractivity contribution in [1.82, 2.24) is 0 Å². The molecule has 0 radical (unpaired) electrons. The van der Waals surface area contributed by atoms with Crippen LogP contribution in [0.3, 0.4) is 0 Å². The zero-order chi connectivity index (χ0) is 15.5. The van der Waals surface area contributed by atoms with Crippen molar-refractivity contribution in [3.63, 3.8) is 0 Å². The van der Waals surface area contributed by atoms with Crippen LogP contribution in [-0.2, 0) is 6.18 Å². The Morgan fingerprint density at radius 1 is 1.20 bits per heavy atom. The van der Waals surface area contributed by atoms with Crippen molar-refractivity contribution >= 4 is 0 Å². The SMILES string of the molecule is CC(C)CC[C@@H](O)[C@@H](N)c1ccc(C(F)(F)F)c(F)c1. The molecule has 0 spiro atoms. The predicted molar refractivity (Wildman–Crippen MR) is 68.4 cm³/mol. The molecule has 0 fully saturated rings. The fourth-order valence-electron chi connectivity index (χ4n) is 1.87. The van der Waals surface area contributed by atoms with Crippen LogP contribution in [0.15, 0.2) is 18.2 Å². The van der Waals surface area contributed by atoms with Crippen molar-refractivity contribution in [2.75, 3.05) is 0 Å². The second-order valence-corrected chi connectivity index (χ2v) is 5.30. The molecule has 1 aromatic carbocycles. The summed E-state index contributed by atoms with van der Waals surface area (Å²) >= 11 is 0. The summed E-state index contributed by atoms with van der Waals surface area (Å²) in [6, 6.07) is 1.60. The average Bonchev–Trinajstić information content (AvgIpc) is 2.33. The quantitative estimate of drug-likeness (QED) is 0.814. The standard InChI is InChI=1S/C14H19F4NO/c1-8(2)3-6-12(20)13(19)9-4-5-10(11(15)7-9)14(16,17)18/h4-5,7-8,12-13,20H,3,6,19H2,1-2H3/t12-,13+/m1/s1. The molecule has 1 aromatic rings. The molecule has 0 aromatic heterocycles. The molecule has 0 saturated carbocycles. The van der Waals surface area contributed by atoms with Crippen LogP contribution in [0.2, 0.25) is 0 Å². The van der Waals surface area contributed by atoms with Gasteiger partial charge in [0, 0.05) is 0 Å². The Balaban J connectivity index is 2.84. The van der Waals surface area contributed by atoms with E-state index in [0.717, 1.165) is 18.6 Å². The molecule has 114 valence electrons. The molecule has 6 heteroatoms. The topological polar surface area (TPSA) is 46.2 Å². The summed E-state index contributed by atoms with van der Waals surface area (Å²) < 4.78 is 50.7. The first-order chi connectivity index (χ1) is 9.12. The van der Waals surface area contributed by atoms with E-state index in [-0.39, 0.29) is 5.56 Å². The third kappa shape index (κ3) is 4.45. The zero-order valence-corrected chi connectivity index (χ0v) is 11.4. The maximum Gasteiger partial charge on any atom is 0.419 e. The summed E-state index contributed by atoms with van der Waals surface area (Å²) in [5, 5.41) is 9.87. The van der Waals surface area contributed by atoms with Crippen LogP contribution in [0.4, 0.5) is 17.6 Å². The smallest absolute Gasteiger partial charge is 0.391 e. The summed E-state index contributed by atoms with van der Waals surface area (Å²) in [5.74, 6) is -0.997. The van der Waals surface area contributed by atoms with Crippen molar-refractivity contribution < 1.29 is 22.7 Å². The normalized spacial score (nSPS) is 15.4. The van der Waals surface area contributed by atoms with Crippen LogP contribution in [-0.4, -0.2) is 11.2 Å². The fourth-order valence-corrected chi connectivity index (χ4v) is 1.87. The van der Waals surface area contributed by atoms with E-state index in [4.69, 9.17) is 5.73 Å². The average molecular weight is 293 g/mol. The van der Waals surface area contributed by atoms with Crippen molar-refractivity contribution in [1.29, 1.82) is 0 Å². The van der Waals surface area contributed by atoms with E-state index in [0.29, 0.717) is 18.4 Å². The van der Waals surface area contributed by atoms with Gasteiger partial charge >= 0.3 is 6.18 Å². The summed E-state index contributed by atoms with van der Waals surface area (Å²) in [4.78, 5) is 0. The first-order valence-corrected chi connectivity index (χ1v) is 6.43. The van der Waals surface area contributed by atoms with E-state index < -0.39 is 29.7 Å². The van der Waals surface area contributed by atoms with E-state index in [9.17, 15) is 22.7 Å². The van der Waals surface area contributed by atoms with Crippen LogP contribution in [0.5, 0.6) is 0 Å². The molecule has 0 unspecified atom stereocenters. The Morgan fingerprint density at radius 2 is 1.80 bits per heavy atom. The van der Waals surface area contributed by atoms with Gasteiger partial charge in [-0.25, -0.2) is 4.39 Å². The third-order valence-corrected chi connectivity index (χ3v) is 3.14. The molecule has 0 aliphatic heterocycles. The number of nitrogens with two attached hydrogens (primary N) is 1. The molecular weight excluding hydrogens is 274 g/mol. The van der Waals surface area contributed by atoms with Gasteiger partial charge < -0.3 is 10.8 Å². The van der Waals surface area contributed by atoms with Gasteiger partial charge in [0.15, 0.2) is 0 Å². The van der Waals surface area contributed by atoms with Crippen LogP contribution in [0, 0.1) is 11.7 Å². The van der Waals surface area contributed by atoms with Crippen molar-refractivity contribution in [2.45, 2.75) is 45.0 Å². The summed E-state index contributed by atoms with van der Waals surface area (Å²) in [6.45, 7) is 3.96. The number of aliphatic hydroxyl groups excluding tert-OH is 1. The lowest BCUT2D eigenvalue weighted by atomic mass is 9.95. The minimum absolute atomic E-state index is 0.159. The van der Waals surface area contributed by atoms with Gasteiger partial charge in [0.25, 0.3) is 0 Å². The van der Waals surface area contributed by atoms with Gasteiger partial charge in [-0.1, -0.05) is 19.9 Å². The van der Waals surface area contributed by atoms with Crippen LogP contribution >= 0.6 is 0 Å². The first kappa shape index (κ1) is 16.9. The highest BCUT2D eigenvalue weighted by atomic mass is 19.4. The van der Waals surface area contributed by atoms with Crippen molar-refractivity contribution in [3.05, 3.63) is 35.1 Å². The Kier molecular flexibility index (Phi) is 5.53. The number of rotatable bonds is 5. The van der Waals surface area contributed by atoms with Crippen LogP contribution < -0.4 is 5.73 Å². The largest absolute Gasteiger partial charge is 0.419 e. The second-order valence-electron chi connectivity index (χ2n) is 5.30. The summed E-state index contributed by atoms with van der Waals surface area (Å²) in [5.41, 5.74) is 4.59. The number of alkyl halides is 3. The maximum atomic E-state index is 13.4. The highest BCUT2D eigenvalue weighted by molar-refractivity contribution is 5.28. The lowest BCUT2D eigenvalue weighted by Crippen LogP contribution is -2.27. The van der Waals surface area contributed by atoms with Gasteiger partial charge in [-0.2, -0.15) is 13.2 Å². The van der Waals surface area contributed by atoms with Gasteiger partial charge in [-0.05, 0) is 36.5 Å². The lowest BCUT2D eigenvalue weighted by Gasteiger charge is -2.20. The van der Waals surface area contributed by atoms with Gasteiger partial charge in [0.1, 0.15) is 5.82 Å². The summed E-state index contributed by atoms with van der Waals surface area (Å²) in [7, 11) is 0. The van der Waals surface area contributed by atoms with Gasteiger partial charge in [0.2, 0.25) is 0 Å². The highest BCUT2D eigenvalue weighted by Crippen LogP contribution is 2.32. The molecule has 20 heavy (non-hydrogen) atoms. The molecule has 2 atom stereocenters. The maximum absolute atomic E-state index is 13.4. The highest BCUT2D eigenvalue weighted by Gasteiger charge is 2.34. The molecule has 3 N–H and O–H groups in total. The monoisotopic (exact) mass is 293 g/mol. The van der Waals surface area contributed by atoms with Crippen LogP contribution in [0.1, 0.15) is 43.9 Å². The van der Waals surface area contributed by atoms with E-state index in [2.05, 4.69) is 0 Å².